The van der Waals surface area contributed by atoms with Gasteiger partial charge in [0, 0.05) is 12.0 Å². The molecule has 1 heterocycles. The van der Waals surface area contributed by atoms with E-state index in [1.54, 1.807) is 0 Å². The summed E-state index contributed by atoms with van der Waals surface area (Å²) in [6.07, 6.45) is 3.28. The van der Waals surface area contributed by atoms with E-state index in [0.717, 1.165) is 25.7 Å². The molecule has 2 nitrogen and oxygen atoms in total. The number of piperidine rings is 1. The summed E-state index contributed by atoms with van der Waals surface area (Å²) in [6.45, 7) is 3.14. The normalized spacial score (nSPS) is 36.1. The number of rotatable bonds is 1. The number of carbonyl (C=O) groups is 1. The van der Waals surface area contributed by atoms with Crippen LogP contribution in [0, 0.1) is 5.92 Å². The summed E-state index contributed by atoms with van der Waals surface area (Å²) in [5, 5.41) is 3.25. The average molecular weight is 127 g/mol. The molecular formula is C7H13NO. The van der Waals surface area contributed by atoms with Crippen LogP contribution in [0.4, 0.5) is 0 Å². The minimum absolute atomic E-state index is 0.263. The van der Waals surface area contributed by atoms with Crippen molar-refractivity contribution >= 4 is 6.29 Å². The fourth-order valence-electron chi connectivity index (χ4n) is 1.25. The van der Waals surface area contributed by atoms with Crippen LogP contribution in [-0.4, -0.2) is 18.9 Å². The van der Waals surface area contributed by atoms with Crippen LogP contribution in [-0.2, 0) is 4.79 Å². The van der Waals surface area contributed by atoms with Gasteiger partial charge in [-0.05, 0) is 26.3 Å². The van der Waals surface area contributed by atoms with Crippen LogP contribution in [0.5, 0.6) is 0 Å². The van der Waals surface area contributed by atoms with E-state index < -0.39 is 0 Å². The highest BCUT2D eigenvalue weighted by atomic mass is 16.1. The van der Waals surface area contributed by atoms with Crippen molar-refractivity contribution in [3.63, 3.8) is 0 Å². The quantitative estimate of drug-likeness (QED) is 0.522. The van der Waals surface area contributed by atoms with Gasteiger partial charge < -0.3 is 10.1 Å². The van der Waals surface area contributed by atoms with Gasteiger partial charge in [0.25, 0.3) is 0 Å². The Morgan fingerprint density at radius 3 is 2.89 bits per heavy atom. The smallest absolute Gasteiger partial charge is 0.124 e. The first kappa shape index (κ1) is 6.75. The van der Waals surface area contributed by atoms with Gasteiger partial charge in [-0.3, -0.25) is 0 Å². The molecule has 1 aliphatic rings. The number of nitrogens with one attached hydrogen (secondary N) is 1. The van der Waals surface area contributed by atoms with Crippen molar-refractivity contribution in [3.8, 4) is 0 Å². The Morgan fingerprint density at radius 1 is 1.67 bits per heavy atom. The van der Waals surface area contributed by atoms with Crippen molar-refractivity contribution in [2.24, 2.45) is 5.92 Å². The molecule has 2 heteroatoms. The molecule has 0 aromatic carbocycles. The average Bonchev–Trinajstić information content (AvgIpc) is 1.89. The Balaban J connectivity index is 2.38. The topological polar surface area (TPSA) is 29.1 Å². The number of carbonyl (C=O) groups excluding carboxylic acids is 1. The molecule has 2 atom stereocenters. The third-order valence-electron chi connectivity index (χ3n) is 2.00. The Bertz CT molecular complexity index is 103. The monoisotopic (exact) mass is 127 g/mol. The van der Waals surface area contributed by atoms with Gasteiger partial charge in [-0.15, -0.1) is 0 Å². The zero-order valence-electron chi connectivity index (χ0n) is 5.76. The van der Waals surface area contributed by atoms with E-state index in [9.17, 15) is 4.79 Å². The van der Waals surface area contributed by atoms with Crippen LogP contribution in [0.2, 0.25) is 0 Å². The maximum atomic E-state index is 10.3. The van der Waals surface area contributed by atoms with E-state index in [1.807, 2.05) is 0 Å². The molecule has 0 bridgehead atoms. The van der Waals surface area contributed by atoms with Crippen molar-refractivity contribution in [1.29, 1.82) is 0 Å². The molecule has 1 rings (SSSR count). The van der Waals surface area contributed by atoms with Gasteiger partial charge in [0.05, 0.1) is 0 Å². The predicted molar refractivity (Wildman–Crippen MR) is 36.3 cm³/mol. The lowest BCUT2D eigenvalue weighted by Gasteiger charge is -2.25. The van der Waals surface area contributed by atoms with E-state index in [1.165, 1.54) is 0 Å². The van der Waals surface area contributed by atoms with E-state index >= 15 is 0 Å². The molecule has 2 unspecified atom stereocenters. The molecule has 1 aliphatic heterocycles. The molecule has 0 saturated carbocycles. The molecule has 0 radical (unpaired) electrons. The molecule has 0 aliphatic carbocycles. The van der Waals surface area contributed by atoms with Crippen molar-refractivity contribution in [3.05, 3.63) is 0 Å². The molecule has 9 heavy (non-hydrogen) atoms. The van der Waals surface area contributed by atoms with Crippen LogP contribution in [0.15, 0.2) is 0 Å². The van der Waals surface area contributed by atoms with Gasteiger partial charge in [0.15, 0.2) is 0 Å². The van der Waals surface area contributed by atoms with Crippen LogP contribution in [0.25, 0.3) is 0 Å². The second-order valence-corrected chi connectivity index (χ2v) is 2.68. The van der Waals surface area contributed by atoms with E-state index in [0.29, 0.717) is 6.04 Å². The first-order valence-corrected chi connectivity index (χ1v) is 3.53. The van der Waals surface area contributed by atoms with Crippen molar-refractivity contribution in [2.75, 3.05) is 6.54 Å². The van der Waals surface area contributed by atoms with E-state index in [4.69, 9.17) is 0 Å². The Morgan fingerprint density at radius 2 is 2.44 bits per heavy atom. The SMILES string of the molecule is CC1NCCCC1C=O. The van der Waals surface area contributed by atoms with Crippen molar-refractivity contribution < 1.29 is 4.79 Å². The van der Waals surface area contributed by atoms with Crippen molar-refractivity contribution in [2.45, 2.75) is 25.8 Å². The van der Waals surface area contributed by atoms with Crippen LogP contribution in [0.3, 0.4) is 0 Å². The highest BCUT2D eigenvalue weighted by Crippen LogP contribution is 2.12. The van der Waals surface area contributed by atoms with E-state index in [-0.39, 0.29) is 5.92 Å². The van der Waals surface area contributed by atoms with Gasteiger partial charge in [0.2, 0.25) is 0 Å². The molecule has 0 amide bonds. The minimum Gasteiger partial charge on any atom is -0.314 e. The summed E-state index contributed by atoms with van der Waals surface area (Å²) in [6, 6.07) is 0.399. The summed E-state index contributed by atoms with van der Waals surface area (Å²) >= 11 is 0. The van der Waals surface area contributed by atoms with Gasteiger partial charge >= 0.3 is 0 Å². The van der Waals surface area contributed by atoms with Crippen LogP contribution in [0.1, 0.15) is 19.8 Å². The zero-order chi connectivity index (χ0) is 6.69. The third kappa shape index (κ3) is 1.52. The number of aldehydes is 1. The van der Waals surface area contributed by atoms with Gasteiger partial charge in [-0.1, -0.05) is 0 Å². The largest absolute Gasteiger partial charge is 0.314 e. The molecule has 1 saturated heterocycles. The number of hydrogen-bond acceptors (Lipinski definition) is 2. The Labute approximate surface area is 55.6 Å². The lowest BCUT2D eigenvalue weighted by Crippen LogP contribution is -2.39. The molecule has 0 aromatic rings. The molecule has 1 N–H and O–H groups in total. The van der Waals surface area contributed by atoms with E-state index in [2.05, 4.69) is 12.2 Å². The summed E-state index contributed by atoms with van der Waals surface area (Å²) < 4.78 is 0. The fourth-order valence-corrected chi connectivity index (χ4v) is 1.25. The first-order chi connectivity index (χ1) is 4.34. The minimum atomic E-state index is 0.263. The van der Waals surface area contributed by atoms with Crippen LogP contribution >= 0.6 is 0 Å². The summed E-state index contributed by atoms with van der Waals surface area (Å²) in [7, 11) is 0. The second kappa shape index (κ2) is 2.97. The van der Waals surface area contributed by atoms with Gasteiger partial charge in [-0.2, -0.15) is 0 Å². The Kier molecular flexibility index (Phi) is 2.22. The fraction of sp³-hybridized carbons (Fsp3) is 0.857. The summed E-state index contributed by atoms with van der Waals surface area (Å²) in [5.41, 5.74) is 0. The highest BCUT2D eigenvalue weighted by Gasteiger charge is 2.18. The molecular weight excluding hydrogens is 114 g/mol. The maximum absolute atomic E-state index is 10.3. The number of hydrogen-bond donors (Lipinski definition) is 1. The molecule has 0 aromatic heterocycles. The summed E-state index contributed by atoms with van der Waals surface area (Å²) in [4.78, 5) is 10.3. The third-order valence-corrected chi connectivity index (χ3v) is 2.00. The van der Waals surface area contributed by atoms with Gasteiger partial charge in [-0.25, -0.2) is 0 Å². The maximum Gasteiger partial charge on any atom is 0.124 e. The lowest BCUT2D eigenvalue weighted by molar-refractivity contribution is -0.112. The molecule has 0 spiro atoms. The standard InChI is InChI=1S/C7H13NO/c1-6-7(5-9)3-2-4-8-6/h5-8H,2-4H2,1H3. The molecule has 52 valence electrons. The van der Waals surface area contributed by atoms with Crippen LogP contribution < -0.4 is 5.32 Å². The molecule has 1 fully saturated rings. The lowest BCUT2D eigenvalue weighted by atomic mass is 9.94. The van der Waals surface area contributed by atoms with Crippen molar-refractivity contribution in [1.82, 2.24) is 5.32 Å². The summed E-state index contributed by atoms with van der Waals surface area (Å²) in [5.74, 6) is 0.263. The first-order valence-electron chi connectivity index (χ1n) is 3.53. The predicted octanol–water partition coefficient (Wildman–Crippen LogP) is 0.573. The second-order valence-electron chi connectivity index (χ2n) is 2.68. The zero-order valence-corrected chi connectivity index (χ0v) is 5.76. The Hall–Kier alpha value is -0.370. The highest BCUT2D eigenvalue weighted by molar-refractivity contribution is 5.54. The van der Waals surface area contributed by atoms with Gasteiger partial charge in [0.1, 0.15) is 6.29 Å².